The Labute approximate surface area is 94.3 Å². The highest BCUT2D eigenvalue weighted by Crippen LogP contribution is 2.02. The molecule has 0 spiro atoms. The predicted molar refractivity (Wildman–Crippen MR) is 62.5 cm³/mol. The van der Waals surface area contributed by atoms with Crippen LogP contribution in [0.15, 0.2) is 4.99 Å². The molecule has 0 aliphatic rings. The highest BCUT2D eigenvalue weighted by atomic mass is 32.2. The van der Waals surface area contributed by atoms with Gasteiger partial charge >= 0.3 is 0 Å². The topological polar surface area (TPSA) is 82.5 Å². The summed E-state index contributed by atoms with van der Waals surface area (Å²) in [5.41, 5.74) is 5.48. The van der Waals surface area contributed by atoms with Gasteiger partial charge < -0.3 is 10.6 Å². The van der Waals surface area contributed by atoms with Crippen molar-refractivity contribution in [3.8, 4) is 6.19 Å². The fourth-order valence-electron chi connectivity index (χ4n) is 0.771. The number of carbonyl (C=O) groups excluding carboxylic acids is 1. The number of nitriles is 1. The average Bonchev–Trinajstić information content (AvgIpc) is 2.16. The molecule has 0 aliphatic carbocycles. The normalized spacial score (nSPS) is 10.9. The summed E-state index contributed by atoms with van der Waals surface area (Å²) in [6.45, 7) is 2.31. The van der Waals surface area contributed by atoms with Crippen LogP contribution in [0.25, 0.3) is 0 Å². The predicted octanol–water partition coefficient (Wildman–Crippen LogP) is 0.426. The SMILES string of the molecule is CC(=O)CCSCCN(C)C(N)=NC#N. The highest BCUT2D eigenvalue weighted by molar-refractivity contribution is 7.99. The number of aliphatic imine (C=N–C) groups is 1. The molecule has 0 rings (SSSR count). The highest BCUT2D eigenvalue weighted by Gasteiger charge is 2.01. The van der Waals surface area contributed by atoms with Crippen molar-refractivity contribution in [3.63, 3.8) is 0 Å². The van der Waals surface area contributed by atoms with Gasteiger partial charge in [-0.1, -0.05) is 0 Å². The van der Waals surface area contributed by atoms with Gasteiger partial charge in [-0.2, -0.15) is 17.0 Å². The van der Waals surface area contributed by atoms with Crippen LogP contribution in [0, 0.1) is 11.5 Å². The number of thioether (sulfide) groups is 1. The lowest BCUT2D eigenvalue weighted by Crippen LogP contribution is -2.35. The zero-order valence-corrected chi connectivity index (χ0v) is 9.88. The molecule has 0 aliphatic heterocycles. The van der Waals surface area contributed by atoms with E-state index in [9.17, 15) is 4.79 Å². The minimum Gasteiger partial charge on any atom is -0.369 e. The number of hydrogen-bond donors (Lipinski definition) is 1. The van der Waals surface area contributed by atoms with Gasteiger partial charge in [0.1, 0.15) is 5.78 Å². The maximum atomic E-state index is 10.6. The molecule has 0 fully saturated rings. The first-order valence-electron chi connectivity index (χ1n) is 4.58. The molecule has 2 N–H and O–H groups in total. The molecule has 0 aromatic carbocycles. The van der Waals surface area contributed by atoms with E-state index in [-0.39, 0.29) is 11.7 Å². The summed E-state index contributed by atoms with van der Waals surface area (Å²) in [4.78, 5) is 15.8. The number of ketones is 1. The molecule has 0 saturated heterocycles. The van der Waals surface area contributed by atoms with Crippen molar-refractivity contribution in [2.45, 2.75) is 13.3 Å². The Balaban J connectivity index is 3.56. The molecule has 0 aromatic heterocycles. The smallest absolute Gasteiger partial charge is 0.209 e. The quantitative estimate of drug-likeness (QED) is 0.308. The number of nitrogens with two attached hydrogens (primary N) is 1. The lowest BCUT2D eigenvalue weighted by Gasteiger charge is -2.16. The van der Waals surface area contributed by atoms with E-state index in [0.717, 1.165) is 18.1 Å². The molecule has 0 bridgehead atoms. The molecule has 6 heteroatoms. The van der Waals surface area contributed by atoms with Crippen molar-refractivity contribution < 1.29 is 4.79 Å². The molecule has 0 radical (unpaired) electrons. The molecule has 0 saturated carbocycles. The zero-order valence-electron chi connectivity index (χ0n) is 9.06. The standard InChI is InChI=1S/C9H16N4OS/c1-8(14)3-5-15-6-4-13(2)9(11)12-7-10/h3-6H2,1-2H3,(H2,11,12). The molecule has 0 atom stereocenters. The molecule has 84 valence electrons. The third kappa shape index (κ3) is 7.82. The second-order valence-corrected chi connectivity index (χ2v) is 4.28. The maximum Gasteiger partial charge on any atom is 0.209 e. The Morgan fingerprint density at radius 2 is 2.27 bits per heavy atom. The summed E-state index contributed by atoms with van der Waals surface area (Å²) in [6, 6.07) is 0. The number of rotatable bonds is 6. The largest absolute Gasteiger partial charge is 0.369 e. The van der Waals surface area contributed by atoms with Crippen molar-refractivity contribution in [1.82, 2.24) is 4.90 Å². The number of hydrogen-bond acceptors (Lipinski definition) is 4. The summed E-state index contributed by atoms with van der Waals surface area (Å²) < 4.78 is 0. The van der Waals surface area contributed by atoms with Gasteiger partial charge in [-0.25, -0.2) is 0 Å². The number of carbonyl (C=O) groups is 1. The van der Waals surface area contributed by atoms with Crippen molar-refractivity contribution in [2.24, 2.45) is 10.7 Å². The summed E-state index contributed by atoms with van der Waals surface area (Å²) in [7, 11) is 1.78. The Morgan fingerprint density at radius 1 is 1.60 bits per heavy atom. The van der Waals surface area contributed by atoms with Gasteiger partial charge in [0.05, 0.1) is 0 Å². The van der Waals surface area contributed by atoms with E-state index in [0.29, 0.717) is 6.42 Å². The Morgan fingerprint density at radius 3 is 2.80 bits per heavy atom. The van der Waals surface area contributed by atoms with Crippen LogP contribution in [-0.2, 0) is 4.79 Å². The van der Waals surface area contributed by atoms with Crippen LogP contribution in [0.4, 0.5) is 0 Å². The van der Waals surface area contributed by atoms with Crippen LogP contribution in [0.3, 0.4) is 0 Å². The van der Waals surface area contributed by atoms with E-state index in [1.54, 1.807) is 36.8 Å². The van der Waals surface area contributed by atoms with Crippen LogP contribution < -0.4 is 5.73 Å². The Bertz CT molecular complexity index is 272. The maximum absolute atomic E-state index is 10.6. The van der Waals surface area contributed by atoms with Crippen molar-refractivity contribution in [2.75, 3.05) is 25.1 Å². The Hall–Kier alpha value is -1.22. The van der Waals surface area contributed by atoms with E-state index >= 15 is 0 Å². The second kappa shape index (κ2) is 8.12. The Kier molecular flexibility index (Phi) is 7.46. The van der Waals surface area contributed by atoms with Gasteiger partial charge in [0.25, 0.3) is 0 Å². The molecule has 0 aromatic rings. The van der Waals surface area contributed by atoms with E-state index in [4.69, 9.17) is 11.0 Å². The van der Waals surface area contributed by atoms with Gasteiger partial charge in [0, 0.05) is 31.5 Å². The van der Waals surface area contributed by atoms with Gasteiger partial charge in [-0.05, 0) is 6.92 Å². The summed E-state index contributed by atoms with van der Waals surface area (Å²) >= 11 is 1.69. The summed E-state index contributed by atoms with van der Waals surface area (Å²) in [5, 5.41) is 8.27. The molecule has 0 heterocycles. The fourth-order valence-corrected chi connectivity index (χ4v) is 1.81. The second-order valence-electron chi connectivity index (χ2n) is 3.06. The third-order valence-electron chi connectivity index (χ3n) is 1.73. The summed E-state index contributed by atoms with van der Waals surface area (Å²) in [6.07, 6.45) is 2.24. The van der Waals surface area contributed by atoms with Crippen molar-refractivity contribution in [1.29, 1.82) is 5.26 Å². The minimum absolute atomic E-state index is 0.210. The monoisotopic (exact) mass is 228 g/mol. The van der Waals surface area contributed by atoms with Gasteiger partial charge in [0.15, 0.2) is 0 Å². The first kappa shape index (κ1) is 13.8. The average molecular weight is 228 g/mol. The van der Waals surface area contributed by atoms with Crippen LogP contribution >= 0.6 is 11.8 Å². The molecule has 0 unspecified atom stereocenters. The lowest BCUT2D eigenvalue weighted by molar-refractivity contribution is -0.116. The van der Waals surface area contributed by atoms with E-state index in [1.165, 1.54) is 0 Å². The van der Waals surface area contributed by atoms with Gasteiger partial charge in [-0.15, -0.1) is 4.99 Å². The number of guanidine groups is 1. The van der Waals surface area contributed by atoms with Crippen LogP contribution in [0.1, 0.15) is 13.3 Å². The van der Waals surface area contributed by atoms with Gasteiger partial charge in [-0.3, -0.25) is 4.79 Å². The molecule has 15 heavy (non-hydrogen) atoms. The van der Waals surface area contributed by atoms with Crippen LogP contribution in [-0.4, -0.2) is 41.7 Å². The lowest BCUT2D eigenvalue weighted by atomic mass is 10.4. The van der Waals surface area contributed by atoms with E-state index in [2.05, 4.69) is 4.99 Å². The third-order valence-corrected chi connectivity index (χ3v) is 2.69. The zero-order chi connectivity index (χ0) is 11.7. The fraction of sp³-hybridized carbons (Fsp3) is 0.667. The first-order valence-corrected chi connectivity index (χ1v) is 5.74. The number of Topliss-reactive ketones (excluding diaryl/α,β-unsaturated/α-hetero) is 1. The number of nitrogens with zero attached hydrogens (tertiary/aromatic N) is 3. The van der Waals surface area contributed by atoms with Crippen LogP contribution in [0.2, 0.25) is 0 Å². The molecule has 0 amide bonds. The van der Waals surface area contributed by atoms with Crippen LogP contribution in [0.5, 0.6) is 0 Å². The van der Waals surface area contributed by atoms with Crippen molar-refractivity contribution in [3.05, 3.63) is 0 Å². The summed E-state index contributed by atoms with van der Waals surface area (Å²) in [5.74, 6) is 2.13. The van der Waals surface area contributed by atoms with E-state index < -0.39 is 0 Å². The minimum atomic E-state index is 0.210. The van der Waals surface area contributed by atoms with Crippen molar-refractivity contribution >= 4 is 23.5 Å². The first-order chi connectivity index (χ1) is 7.07. The van der Waals surface area contributed by atoms with E-state index in [1.807, 2.05) is 0 Å². The molecular weight excluding hydrogens is 212 g/mol. The van der Waals surface area contributed by atoms with Gasteiger partial charge in [0.2, 0.25) is 12.2 Å². The molecular formula is C9H16N4OS. The molecule has 5 nitrogen and oxygen atoms in total.